The van der Waals surface area contributed by atoms with E-state index in [2.05, 4.69) is 31.9 Å². The van der Waals surface area contributed by atoms with Gasteiger partial charge in [-0.05, 0) is 62.2 Å². The molecule has 0 saturated heterocycles. The van der Waals surface area contributed by atoms with Gasteiger partial charge in [-0.2, -0.15) is 0 Å². The molecule has 0 fully saturated rings. The van der Waals surface area contributed by atoms with Gasteiger partial charge < -0.3 is 9.52 Å². The lowest BCUT2D eigenvalue weighted by Gasteiger charge is -1.93. The fourth-order valence-electron chi connectivity index (χ4n) is 1.48. The third-order valence-electron chi connectivity index (χ3n) is 2.42. The van der Waals surface area contributed by atoms with Crippen molar-refractivity contribution in [1.29, 1.82) is 0 Å². The quantitative estimate of drug-likeness (QED) is 0.525. The summed E-state index contributed by atoms with van der Waals surface area (Å²) in [5.41, 5.74) is 0.560. The van der Waals surface area contributed by atoms with Crippen LogP contribution in [0.15, 0.2) is 56.0 Å². The van der Waals surface area contributed by atoms with Crippen LogP contribution in [0.3, 0.4) is 0 Å². The molecule has 0 amide bonds. The SMILES string of the molecule is Fc1ccc(Br)c2occc12.Oc1cc(F)ccc1Br. The van der Waals surface area contributed by atoms with E-state index in [1.165, 1.54) is 24.5 Å². The molecule has 0 aliphatic heterocycles. The summed E-state index contributed by atoms with van der Waals surface area (Å²) in [6, 6.07) is 8.40. The largest absolute Gasteiger partial charge is 0.507 e. The van der Waals surface area contributed by atoms with Gasteiger partial charge in [0.1, 0.15) is 17.4 Å². The number of hydrogen-bond donors (Lipinski definition) is 1. The van der Waals surface area contributed by atoms with E-state index < -0.39 is 5.82 Å². The monoisotopic (exact) mass is 404 g/mol. The lowest BCUT2D eigenvalue weighted by Crippen LogP contribution is -1.74. The summed E-state index contributed by atoms with van der Waals surface area (Å²) in [5.74, 6) is -0.761. The molecular weight excluding hydrogens is 398 g/mol. The minimum Gasteiger partial charge on any atom is -0.507 e. The number of hydrogen-bond acceptors (Lipinski definition) is 2. The van der Waals surface area contributed by atoms with E-state index in [1.807, 2.05) is 0 Å². The van der Waals surface area contributed by atoms with Crippen molar-refractivity contribution in [2.24, 2.45) is 0 Å². The van der Waals surface area contributed by atoms with Gasteiger partial charge in [0, 0.05) is 6.07 Å². The Morgan fingerprint density at radius 3 is 2.25 bits per heavy atom. The first-order chi connectivity index (χ1) is 9.49. The predicted molar refractivity (Wildman–Crippen MR) is 79.6 cm³/mol. The Kier molecular flexibility index (Phi) is 4.77. The van der Waals surface area contributed by atoms with E-state index >= 15 is 0 Å². The van der Waals surface area contributed by atoms with Crippen molar-refractivity contribution in [3.8, 4) is 5.75 Å². The molecule has 20 heavy (non-hydrogen) atoms. The van der Waals surface area contributed by atoms with Gasteiger partial charge >= 0.3 is 0 Å². The van der Waals surface area contributed by atoms with Crippen LogP contribution in [0.1, 0.15) is 0 Å². The standard InChI is InChI=1S/C8H4BrFO.C6H4BrFO/c9-6-1-2-7(10)5-3-4-11-8(5)6;7-5-2-1-4(8)3-6(5)9/h1-4H;1-3,9H. The van der Waals surface area contributed by atoms with E-state index in [4.69, 9.17) is 9.52 Å². The molecule has 0 unspecified atom stereocenters. The number of aromatic hydroxyl groups is 1. The molecule has 2 nitrogen and oxygen atoms in total. The van der Waals surface area contributed by atoms with Crippen molar-refractivity contribution in [3.05, 3.63) is 63.2 Å². The van der Waals surface area contributed by atoms with Gasteiger partial charge in [-0.15, -0.1) is 0 Å². The van der Waals surface area contributed by atoms with Crippen molar-refractivity contribution in [1.82, 2.24) is 0 Å². The molecule has 0 atom stereocenters. The van der Waals surface area contributed by atoms with Crippen LogP contribution < -0.4 is 0 Å². The number of phenols is 1. The number of fused-ring (bicyclic) bond motifs is 1. The smallest absolute Gasteiger partial charge is 0.150 e. The maximum Gasteiger partial charge on any atom is 0.150 e. The molecule has 0 aliphatic carbocycles. The van der Waals surface area contributed by atoms with E-state index in [1.54, 1.807) is 12.1 Å². The Hall–Kier alpha value is -1.40. The molecule has 1 N–H and O–H groups in total. The molecule has 0 radical (unpaired) electrons. The van der Waals surface area contributed by atoms with E-state index in [0.717, 1.165) is 10.5 Å². The molecule has 0 bridgehead atoms. The third-order valence-corrected chi connectivity index (χ3v) is 3.72. The van der Waals surface area contributed by atoms with E-state index in [-0.39, 0.29) is 11.6 Å². The molecule has 0 aliphatic rings. The molecular formula is C14H8Br2F2O2. The van der Waals surface area contributed by atoms with Crippen molar-refractivity contribution >= 4 is 42.8 Å². The minimum absolute atomic E-state index is 0.0741. The Bertz CT molecular complexity index is 705. The molecule has 3 rings (SSSR count). The minimum atomic E-state index is -0.435. The van der Waals surface area contributed by atoms with Gasteiger partial charge in [0.15, 0.2) is 5.58 Å². The first kappa shape index (κ1) is 15.0. The van der Waals surface area contributed by atoms with Crippen LogP contribution in [-0.2, 0) is 0 Å². The summed E-state index contributed by atoms with van der Waals surface area (Å²) in [6.45, 7) is 0. The molecule has 104 valence electrons. The van der Waals surface area contributed by atoms with Gasteiger partial charge in [0.2, 0.25) is 0 Å². The molecule has 0 spiro atoms. The number of rotatable bonds is 0. The highest BCUT2D eigenvalue weighted by Crippen LogP contribution is 2.26. The number of benzene rings is 2. The maximum absolute atomic E-state index is 12.9. The Labute approximate surface area is 130 Å². The summed E-state index contributed by atoms with van der Waals surface area (Å²) in [5, 5.41) is 9.33. The maximum atomic E-state index is 12.9. The van der Waals surface area contributed by atoms with Crippen LogP contribution in [0, 0.1) is 11.6 Å². The zero-order chi connectivity index (χ0) is 14.7. The summed E-state index contributed by atoms with van der Waals surface area (Å²) in [6.07, 6.45) is 1.47. The number of furan rings is 1. The van der Waals surface area contributed by atoms with Crippen LogP contribution in [-0.4, -0.2) is 5.11 Å². The normalized spacial score (nSPS) is 10.2. The highest BCUT2D eigenvalue weighted by Gasteiger charge is 2.05. The molecule has 1 aromatic heterocycles. The molecule has 3 aromatic rings. The zero-order valence-electron chi connectivity index (χ0n) is 9.91. The summed E-state index contributed by atoms with van der Waals surface area (Å²) in [4.78, 5) is 0. The molecule has 2 aromatic carbocycles. The van der Waals surface area contributed by atoms with Crippen LogP contribution in [0.5, 0.6) is 5.75 Å². The Balaban J connectivity index is 0.000000151. The highest BCUT2D eigenvalue weighted by atomic mass is 79.9. The highest BCUT2D eigenvalue weighted by molar-refractivity contribution is 9.11. The van der Waals surface area contributed by atoms with Gasteiger partial charge in [0.05, 0.1) is 20.6 Å². The van der Waals surface area contributed by atoms with E-state index in [9.17, 15) is 8.78 Å². The zero-order valence-corrected chi connectivity index (χ0v) is 13.1. The van der Waals surface area contributed by atoms with Crippen LogP contribution in [0.4, 0.5) is 8.78 Å². The lowest BCUT2D eigenvalue weighted by atomic mass is 10.2. The average Bonchev–Trinajstić information content (AvgIpc) is 2.90. The van der Waals surface area contributed by atoms with Crippen molar-refractivity contribution < 1.29 is 18.3 Å². The van der Waals surface area contributed by atoms with Crippen LogP contribution in [0.2, 0.25) is 0 Å². The predicted octanol–water partition coefficient (Wildman–Crippen LogP) is 5.63. The van der Waals surface area contributed by atoms with Crippen LogP contribution in [0.25, 0.3) is 11.0 Å². The van der Waals surface area contributed by atoms with E-state index in [0.29, 0.717) is 15.4 Å². The number of halogens is 4. The molecule has 6 heteroatoms. The van der Waals surface area contributed by atoms with Gasteiger partial charge in [-0.3, -0.25) is 0 Å². The van der Waals surface area contributed by atoms with Gasteiger partial charge in [-0.1, -0.05) is 0 Å². The molecule has 1 heterocycles. The molecule has 0 saturated carbocycles. The summed E-state index contributed by atoms with van der Waals surface area (Å²) in [7, 11) is 0. The average molecular weight is 406 g/mol. The third kappa shape index (κ3) is 3.37. The second-order valence-electron chi connectivity index (χ2n) is 3.79. The second-order valence-corrected chi connectivity index (χ2v) is 5.50. The summed E-state index contributed by atoms with van der Waals surface area (Å²) < 4.78 is 31.4. The number of phenolic OH excluding ortho intramolecular Hbond substituents is 1. The van der Waals surface area contributed by atoms with Gasteiger partial charge in [0.25, 0.3) is 0 Å². The second kappa shape index (κ2) is 6.37. The first-order valence-corrected chi connectivity index (χ1v) is 7.03. The van der Waals surface area contributed by atoms with Crippen LogP contribution >= 0.6 is 31.9 Å². The van der Waals surface area contributed by atoms with Gasteiger partial charge in [-0.25, -0.2) is 8.78 Å². The first-order valence-electron chi connectivity index (χ1n) is 5.44. The lowest BCUT2D eigenvalue weighted by molar-refractivity contribution is 0.465. The van der Waals surface area contributed by atoms with Crippen molar-refractivity contribution in [2.75, 3.05) is 0 Å². The van der Waals surface area contributed by atoms with Crippen molar-refractivity contribution in [3.63, 3.8) is 0 Å². The topological polar surface area (TPSA) is 33.4 Å². The van der Waals surface area contributed by atoms with Crippen molar-refractivity contribution in [2.45, 2.75) is 0 Å². The Morgan fingerprint density at radius 2 is 1.65 bits per heavy atom. The fourth-order valence-corrected chi connectivity index (χ4v) is 2.17. The Morgan fingerprint density at radius 1 is 0.950 bits per heavy atom. The summed E-state index contributed by atoms with van der Waals surface area (Å²) >= 11 is 6.26. The fraction of sp³-hybridized carbons (Fsp3) is 0.